The van der Waals surface area contributed by atoms with Crippen LogP contribution in [0.1, 0.15) is 62.8 Å². The van der Waals surface area contributed by atoms with Gasteiger partial charge in [0, 0.05) is 46.1 Å². The zero-order valence-electron chi connectivity index (χ0n) is 20.7. The number of aliphatic hydroxyl groups is 1. The molecule has 1 atom stereocenters. The summed E-state index contributed by atoms with van der Waals surface area (Å²) < 4.78 is 55.6. The van der Waals surface area contributed by atoms with Gasteiger partial charge in [0.15, 0.2) is 0 Å². The third-order valence-corrected chi connectivity index (χ3v) is 7.42. The van der Waals surface area contributed by atoms with Crippen LogP contribution >= 0.6 is 11.6 Å². The van der Waals surface area contributed by atoms with Crippen molar-refractivity contribution in [2.45, 2.75) is 64.2 Å². The smallest absolute Gasteiger partial charge is 0.387 e. The zero-order valence-corrected chi connectivity index (χ0v) is 20.5. The Hall–Kier alpha value is -3.04. The number of aliphatic hydroxyl groups excluding tert-OH is 1. The predicted molar refractivity (Wildman–Crippen MR) is 131 cm³/mol. The van der Waals surface area contributed by atoms with Crippen LogP contribution in [0.25, 0.3) is 22.2 Å². The van der Waals surface area contributed by atoms with E-state index in [9.17, 15) is 18.3 Å². The lowest BCUT2D eigenvalue weighted by molar-refractivity contribution is -0.0505. The quantitative estimate of drug-likeness (QED) is 0.295. The molecule has 36 heavy (non-hydrogen) atoms. The number of hydrogen-bond donors (Lipinski definition) is 2. The molecule has 2 N–H and O–H groups in total. The first-order chi connectivity index (χ1) is 17.7. The minimum absolute atomic E-state index is 0.0173. The van der Waals surface area contributed by atoms with Crippen molar-refractivity contribution < 1.29 is 24.4 Å². The van der Waals surface area contributed by atoms with Gasteiger partial charge in [-0.25, -0.2) is 9.37 Å². The molecule has 1 aliphatic carbocycles. The molecule has 10 heteroatoms. The van der Waals surface area contributed by atoms with E-state index in [2.05, 4.69) is 19.8 Å². The Morgan fingerprint density at radius 3 is 2.72 bits per heavy atom. The van der Waals surface area contributed by atoms with E-state index < -0.39 is 18.3 Å². The molecule has 0 spiro atoms. The molecule has 1 aromatic carbocycles. The van der Waals surface area contributed by atoms with Crippen molar-refractivity contribution in [2.75, 3.05) is 0 Å². The lowest BCUT2D eigenvalue weighted by atomic mass is 9.91. The molecular formula is C26H26ClF3N4O2. The summed E-state index contributed by atoms with van der Waals surface area (Å²) in [6.07, 6.45) is 6.39. The number of aromatic amines is 1. The van der Waals surface area contributed by atoms with Gasteiger partial charge in [0.1, 0.15) is 17.2 Å². The molecule has 0 radical (unpaired) electrons. The van der Waals surface area contributed by atoms with E-state index >= 15 is 0 Å². The number of pyridine rings is 1. The van der Waals surface area contributed by atoms with E-state index in [-0.39, 0.29) is 34.7 Å². The van der Waals surface area contributed by atoms with Crippen molar-refractivity contribution in [3.63, 3.8) is 0 Å². The lowest BCUT2D eigenvalue weighted by Gasteiger charge is -2.26. The number of H-pyrrole nitrogens is 1. The molecule has 0 amide bonds. The van der Waals surface area contributed by atoms with Gasteiger partial charge in [0.2, 0.25) is 0 Å². The fourth-order valence-electron chi connectivity index (χ4n) is 5.13. The summed E-state index contributed by atoms with van der Waals surface area (Å²) in [6.45, 7) is 0.521. The number of rotatable bonds is 6. The molecule has 5 rings (SSSR count). The van der Waals surface area contributed by atoms with Gasteiger partial charge in [-0.15, -0.1) is 0 Å². The number of nitrogens with zero attached hydrogens (tertiary/aromatic N) is 3. The highest BCUT2D eigenvalue weighted by atomic mass is 35.5. The van der Waals surface area contributed by atoms with Crippen LogP contribution in [0.4, 0.5) is 13.2 Å². The van der Waals surface area contributed by atoms with Crippen molar-refractivity contribution in [3.05, 3.63) is 64.4 Å². The van der Waals surface area contributed by atoms with Gasteiger partial charge in [-0.3, -0.25) is 4.68 Å². The Kier molecular flexibility index (Phi) is 6.35. The Balaban J connectivity index is 1.57. The van der Waals surface area contributed by atoms with E-state index in [1.165, 1.54) is 0 Å². The average Bonchev–Trinajstić information content (AvgIpc) is 3.40. The molecule has 6 nitrogen and oxygen atoms in total. The molecule has 3 heterocycles. The molecule has 1 saturated carbocycles. The molecule has 3 aromatic heterocycles. The van der Waals surface area contributed by atoms with Gasteiger partial charge in [-0.2, -0.15) is 13.9 Å². The molecule has 1 aliphatic rings. The van der Waals surface area contributed by atoms with Gasteiger partial charge in [0.25, 0.3) is 0 Å². The highest BCUT2D eigenvalue weighted by Gasteiger charge is 2.26. The highest BCUT2D eigenvalue weighted by molar-refractivity contribution is 6.31. The summed E-state index contributed by atoms with van der Waals surface area (Å²) in [4.78, 5) is 7.41. The maximum absolute atomic E-state index is 14.4. The zero-order chi connectivity index (χ0) is 26.4. The van der Waals surface area contributed by atoms with Gasteiger partial charge in [0.05, 0.1) is 24.7 Å². The summed E-state index contributed by atoms with van der Waals surface area (Å²) in [7, 11) is 0. The summed E-state index contributed by atoms with van der Waals surface area (Å²) in [5.41, 5.74) is 3.50. The fourth-order valence-corrected chi connectivity index (χ4v) is 5.45. The van der Waals surface area contributed by atoms with E-state index in [0.29, 0.717) is 16.6 Å². The molecular weight excluding hydrogens is 493 g/mol. The average molecular weight is 520 g/mol. The van der Waals surface area contributed by atoms with Crippen molar-refractivity contribution in [2.24, 2.45) is 0 Å². The van der Waals surface area contributed by atoms with Crippen molar-refractivity contribution in [3.8, 4) is 16.9 Å². The van der Waals surface area contributed by atoms with Crippen LogP contribution in [0.2, 0.25) is 5.02 Å². The third-order valence-electron chi connectivity index (χ3n) is 7.04. The summed E-state index contributed by atoms with van der Waals surface area (Å²) >= 11 is 6.22. The Morgan fingerprint density at radius 1 is 1.25 bits per heavy atom. The van der Waals surface area contributed by atoms with E-state index in [0.717, 1.165) is 54.6 Å². The fraction of sp³-hybridized carbons (Fsp3) is 0.385. The monoisotopic (exact) mass is 519 g/mol. The Labute approximate surface area is 212 Å². The summed E-state index contributed by atoms with van der Waals surface area (Å²) in [6, 6.07) is 4.16. The van der Waals surface area contributed by atoms with Crippen LogP contribution in [0.15, 0.2) is 36.8 Å². The SMILES string of the molecule is [2H]c1[nH]c2ncc(-c3cnn([C@H]4CC[C@H](O)CC4)c3C)cc2c1[C@H](C)c1c(OC(F)F)ccc(F)c1Cl. The number of alkyl halides is 2. The van der Waals surface area contributed by atoms with Gasteiger partial charge in [-0.05, 0) is 56.4 Å². The van der Waals surface area contributed by atoms with Crippen molar-refractivity contribution in [1.29, 1.82) is 0 Å². The molecule has 1 fully saturated rings. The van der Waals surface area contributed by atoms with E-state index in [1.54, 1.807) is 19.3 Å². The first-order valence-electron chi connectivity index (χ1n) is 12.3. The van der Waals surface area contributed by atoms with Crippen molar-refractivity contribution in [1.82, 2.24) is 19.7 Å². The topological polar surface area (TPSA) is 76.0 Å². The second-order valence-corrected chi connectivity index (χ2v) is 9.59. The minimum Gasteiger partial charge on any atom is -0.434 e. The molecule has 4 aromatic rings. The normalized spacial score (nSPS) is 19.6. The van der Waals surface area contributed by atoms with Gasteiger partial charge >= 0.3 is 6.61 Å². The number of fused-ring (bicyclic) bond motifs is 1. The predicted octanol–water partition coefficient (Wildman–Crippen LogP) is 6.76. The van der Waals surface area contributed by atoms with Crippen molar-refractivity contribution >= 4 is 22.6 Å². The van der Waals surface area contributed by atoms with Crippen LogP contribution in [-0.2, 0) is 0 Å². The van der Waals surface area contributed by atoms with E-state index in [4.69, 9.17) is 13.0 Å². The summed E-state index contributed by atoms with van der Waals surface area (Å²) in [5.74, 6) is -1.78. The first kappa shape index (κ1) is 23.4. The molecule has 190 valence electrons. The van der Waals surface area contributed by atoms with Crippen LogP contribution in [-0.4, -0.2) is 37.6 Å². The number of aromatic nitrogens is 4. The Bertz CT molecular complexity index is 1450. The largest absolute Gasteiger partial charge is 0.434 e. The second-order valence-electron chi connectivity index (χ2n) is 9.21. The maximum Gasteiger partial charge on any atom is 0.387 e. The number of nitrogens with one attached hydrogen (secondary N) is 1. The number of halogens is 4. The van der Waals surface area contributed by atoms with Crippen LogP contribution in [0.5, 0.6) is 5.75 Å². The summed E-state index contributed by atoms with van der Waals surface area (Å²) in [5, 5.41) is 14.7. The van der Waals surface area contributed by atoms with Gasteiger partial charge < -0.3 is 14.8 Å². The lowest BCUT2D eigenvalue weighted by Crippen LogP contribution is -2.22. The first-order valence-corrected chi connectivity index (χ1v) is 12.2. The minimum atomic E-state index is -3.12. The van der Waals surface area contributed by atoms with Gasteiger partial charge in [-0.1, -0.05) is 18.5 Å². The number of ether oxygens (including phenoxy) is 1. The number of benzene rings is 1. The van der Waals surface area contributed by atoms with Crippen LogP contribution < -0.4 is 4.74 Å². The Morgan fingerprint density at radius 2 is 2.00 bits per heavy atom. The number of hydrogen-bond acceptors (Lipinski definition) is 4. The second kappa shape index (κ2) is 9.78. The maximum atomic E-state index is 14.4. The van der Waals surface area contributed by atoms with E-state index in [1.807, 2.05) is 17.7 Å². The standard InChI is InChI=1S/C26H26ClF3N4O2/c1-13(23-22(36-26(29)30)8-7-21(28)24(23)27)19-11-32-25-18(19)9-15(10-31-25)20-12-33-34(14(20)2)16-3-5-17(35)6-4-16/h7-13,16-17,26,35H,3-6H2,1-2H3,(H,31,32)/t13-,16-,17-/m0/s1/i11D. The molecule has 0 aliphatic heterocycles. The highest BCUT2D eigenvalue weighted by Crippen LogP contribution is 2.42. The van der Waals surface area contributed by atoms with Crippen LogP contribution in [0, 0.1) is 12.7 Å². The molecule has 0 bridgehead atoms. The molecule has 0 saturated heterocycles. The molecule has 0 unspecified atom stereocenters. The van der Waals surface area contributed by atoms with Crippen LogP contribution in [0.3, 0.4) is 0 Å². The third kappa shape index (κ3) is 4.46.